The fourth-order valence-electron chi connectivity index (χ4n) is 2.20. The van der Waals surface area contributed by atoms with Gasteiger partial charge in [0, 0.05) is 6.07 Å². The predicted octanol–water partition coefficient (Wildman–Crippen LogP) is 2.06. The van der Waals surface area contributed by atoms with Crippen molar-refractivity contribution in [2.45, 2.75) is 6.61 Å². The minimum Gasteiger partial charge on any atom is -0.465 e. The molecule has 1 aliphatic heterocycles. The van der Waals surface area contributed by atoms with Gasteiger partial charge in [-0.1, -0.05) is 0 Å². The molecule has 25 heavy (non-hydrogen) atoms. The van der Waals surface area contributed by atoms with E-state index in [1.54, 1.807) is 0 Å². The molecule has 0 spiro atoms. The van der Waals surface area contributed by atoms with Crippen LogP contribution in [0.3, 0.4) is 0 Å². The third-order valence-corrected chi connectivity index (χ3v) is 3.39. The Morgan fingerprint density at radius 3 is 2.60 bits per heavy atom. The highest BCUT2D eigenvalue weighted by molar-refractivity contribution is 5.95. The van der Waals surface area contributed by atoms with Crippen molar-refractivity contribution in [1.82, 2.24) is 0 Å². The lowest BCUT2D eigenvalue weighted by atomic mass is 10.1. The number of nitrogens with zero attached hydrogens (tertiary/aromatic N) is 1. The van der Waals surface area contributed by atoms with Crippen molar-refractivity contribution < 1.29 is 37.9 Å². The average molecular weight is 349 g/mol. The van der Waals surface area contributed by atoms with Gasteiger partial charge >= 0.3 is 11.9 Å². The number of hydrogen-bond acceptors (Lipinski definition) is 9. The van der Waals surface area contributed by atoms with E-state index in [4.69, 9.17) is 18.6 Å². The van der Waals surface area contributed by atoms with Crippen LogP contribution < -0.4 is 9.47 Å². The molecule has 0 bridgehead atoms. The molecule has 1 aromatic carbocycles. The SMILES string of the molecule is COC(=O)c1ccoc1COC(=O)c1cc2c(cc1[N+](=O)[O-])OCO2. The van der Waals surface area contributed by atoms with E-state index in [-0.39, 0.29) is 35.2 Å². The number of esters is 2. The number of nitro groups is 1. The number of carbonyl (C=O) groups excluding carboxylic acids is 2. The third kappa shape index (κ3) is 3.09. The van der Waals surface area contributed by atoms with E-state index in [0.29, 0.717) is 0 Å². The van der Waals surface area contributed by atoms with Gasteiger partial charge in [-0.3, -0.25) is 10.1 Å². The summed E-state index contributed by atoms with van der Waals surface area (Å²) in [6.45, 7) is -0.498. The van der Waals surface area contributed by atoms with Gasteiger partial charge in [-0.15, -0.1) is 0 Å². The largest absolute Gasteiger partial charge is 0.465 e. The van der Waals surface area contributed by atoms with E-state index in [1.165, 1.54) is 25.5 Å². The van der Waals surface area contributed by atoms with Gasteiger partial charge in [0.25, 0.3) is 5.69 Å². The summed E-state index contributed by atoms with van der Waals surface area (Å²) in [5.41, 5.74) is -0.696. The molecule has 10 nitrogen and oxygen atoms in total. The van der Waals surface area contributed by atoms with Crippen molar-refractivity contribution in [3.63, 3.8) is 0 Å². The number of hydrogen-bond donors (Lipinski definition) is 0. The van der Waals surface area contributed by atoms with Crippen LogP contribution in [0, 0.1) is 10.1 Å². The number of rotatable bonds is 5. The van der Waals surface area contributed by atoms with E-state index in [9.17, 15) is 19.7 Å². The van der Waals surface area contributed by atoms with Gasteiger partial charge in [0.15, 0.2) is 23.9 Å². The van der Waals surface area contributed by atoms with Crippen molar-refractivity contribution in [2.24, 2.45) is 0 Å². The highest BCUT2D eigenvalue weighted by Gasteiger charge is 2.28. The molecule has 2 aromatic rings. The fraction of sp³-hybridized carbons (Fsp3) is 0.200. The molecular weight excluding hydrogens is 338 g/mol. The Balaban J connectivity index is 1.81. The van der Waals surface area contributed by atoms with Crippen LogP contribution in [0.5, 0.6) is 11.5 Å². The van der Waals surface area contributed by atoms with Crippen molar-refractivity contribution in [3.8, 4) is 11.5 Å². The van der Waals surface area contributed by atoms with Gasteiger partial charge in [0.2, 0.25) is 6.79 Å². The lowest BCUT2D eigenvalue weighted by Crippen LogP contribution is -2.10. The lowest BCUT2D eigenvalue weighted by Gasteiger charge is -2.06. The number of benzene rings is 1. The van der Waals surface area contributed by atoms with Gasteiger partial charge in [0.05, 0.1) is 24.4 Å². The van der Waals surface area contributed by atoms with Crippen molar-refractivity contribution in [3.05, 3.63) is 51.5 Å². The molecule has 1 aliphatic rings. The first-order chi connectivity index (χ1) is 12.0. The second-order valence-corrected chi connectivity index (χ2v) is 4.80. The maximum Gasteiger partial charge on any atom is 0.345 e. The number of nitro benzene ring substituents is 1. The standard InChI is InChI=1S/C15H11NO9/c1-21-14(17)8-2-3-22-13(8)6-23-15(18)9-4-11-12(25-7-24-11)5-10(9)16(19)20/h2-5H,6-7H2,1H3. The molecule has 3 rings (SSSR count). The second kappa shape index (κ2) is 6.51. The number of ether oxygens (including phenoxy) is 4. The van der Waals surface area contributed by atoms with Crippen molar-refractivity contribution in [2.75, 3.05) is 13.9 Å². The molecule has 0 N–H and O–H groups in total. The first-order valence-electron chi connectivity index (χ1n) is 6.91. The topological polar surface area (TPSA) is 127 Å². The van der Waals surface area contributed by atoms with Crippen LogP contribution in [0.15, 0.2) is 28.9 Å². The zero-order chi connectivity index (χ0) is 18.0. The molecule has 0 unspecified atom stereocenters. The van der Waals surface area contributed by atoms with Gasteiger partial charge in [0.1, 0.15) is 11.1 Å². The maximum atomic E-state index is 12.2. The van der Waals surface area contributed by atoms with Crippen LogP contribution in [0.1, 0.15) is 26.5 Å². The molecular formula is C15H11NO9. The monoisotopic (exact) mass is 349 g/mol. The smallest absolute Gasteiger partial charge is 0.345 e. The molecule has 0 saturated heterocycles. The Morgan fingerprint density at radius 1 is 1.20 bits per heavy atom. The van der Waals surface area contributed by atoms with E-state index in [0.717, 1.165) is 6.07 Å². The van der Waals surface area contributed by atoms with E-state index >= 15 is 0 Å². The number of carbonyl (C=O) groups is 2. The second-order valence-electron chi connectivity index (χ2n) is 4.80. The Bertz CT molecular complexity index is 855. The first-order valence-corrected chi connectivity index (χ1v) is 6.91. The van der Waals surface area contributed by atoms with E-state index in [2.05, 4.69) is 4.74 Å². The van der Waals surface area contributed by atoms with Crippen molar-refractivity contribution in [1.29, 1.82) is 0 Å². The Hall–Kier alpha value is -3.56. The summed E-state index contributed by atoms with van der Waals surface area (Å²) < 4.78 is 24.8. The summed E-state index contributed by atoms with van der Waals surface area (Å²) in [6, 6.07) is 3.62. The van der Waals surface area contributed by atoms with Crippen LogP contribution in [-0.4, -0.2) is 30.8 Å². The van der Waals surface area contributed by atoms with Gasteiger partial charge in [-0.25, -0.2) is 9.59 Å². The Morgan fingerprint density at radius 2 is 1.92 bits per heavy atom. The van der Waals surface area contributed by atoms with Gasteiger partial charge in [-0.2, -0.15) is 0 Å². The molecule has 0 radical (unpaired) electrons. The maximum absolute atomic E-state index is 12.2. The van der Waals surface area contributed by atoms with Crippen molar-refractivity contribution >= 4 is 17.6 Å². The highest BCUT2D eigenvalue weighted by Crippen LogP contribution is 2.38. The highest BCUT2D eigenvalue weighted by atomic mass is 16.7. The molecule has 10 heteroatoms. The predicted molar refractivity (Wildman–Crippen MR) is 78.4 cm³/mol. The average Bonchev–Trinajstić information content (AvgIpc) is 3.26. The Kier molecular flexibility index (Phi) is 4.25. The van der Waals surface area contributed by atoms with Gasteiger partial charge in [-0.05, 0) is 6.07 Å². The van der Waals surface area contributed by atoms with E-state index < -0.39 is 29.2 Å². The zero-order valence-electron chi connectivity index (χ0n) is 12.8. The first kappa shape index (κ1) is 16.3. The Labute approximate surface area is 140 Å². The van der Waals surface area contributed by atoms with Crippen LogP contribution in [0.4, 0.5) is 5.69 Å². The van der Waals surface area contributed by atoms with Gasteiger partial charge < -0.3 is 23.4 Å². The molecule has 0 fully saturated rings. The minimum absolute atomic E-state index is 0.0589. The van der Waals surface area contributed by atoms with E-state index in [1.807, 2.05) is 0 Å². The molecule has 0 saturated carbocycles. The van der Waals surface area contributed by atoms with Crippen LogP contribution in [-0.2, 0) is 16.1 Å². The molecule has 130 valence electrons. The summed E-state index contributed by atoms with van der Waals surface area (Å²) in [5.74, 6) is -1.21. The summed E-state index contributed by atoms with van der Waals surface area (Å²) in [6.07, 6.45) is 1.23. The minimum atomic E-state index is -0.975. The number of fused-ring (bicyclic) bond motifs is 1. The normalized spacial score (nSPS) is 11.9. The zero-order valence-corrected chi connectivity index (χ0v) is 12.8. The van der Waals surface area contributed by atoms with Crippen LogP contribution in [0.25, 0.3) is 0 Å². The quantitative estimate of drug-likeness (QED) is 0.452. The molecule has 0 aliphatic carbocycles. The summed E-state index contributed by atoms with van der Waals surface area (Å²) in [5, 5.41) is 11.2. The van der Waals surface area contributed by atoms with Crippen LogP contribution in [0.2, 0.25) is 0 Å². The summed E-state index contributed by atoms with van der Waals surface area (Å²) in [7, 11) is 1.20. The number of furan rings is 1. The lowest BCUT2D eigenvalue weighted by molar-refractivity contribution is -0.385. The fourth-order valence-corrected chi connectivity index (χ4v) is 2.20. The number of methoxy groups -OCH3 is 1. The molecule has 0 amide bonds. The summed E-state index contributed by atoms with van der Waals surface area (Å²) in [4.78, 5) is 34.2. The molecule has 1 aromatic heterocycles. The molecule has 2 heterocycles. The molecule has 0 atom stereocenters. The third-order valence-electron chi connectivity index (χ3n) is 3.39. The van der Waals surface area contributed by atoms with Crippen LogP contribution >= 0.6 is 0 Å². The summed E-state index contributed by atoms with van der Waals surface area (Å²) >= 11 is 0.